The quantitative estimate of drug-likeness (QED) is 0.461. The second kappa shape index (κ2) is 9.30. The van der Waals surface area contributed by atoms with Crippen molar-refractivity contribution in [1.82, 2.24) is 4.90 Å². The van der Waals surface area contributed by atoms with Crippen LogP contribution >= 0.6 is 0 Å². The Morgan fingerprint density at radius 2 is 1.23 bits per heavy atom. The monoisotopic (exact) mass is 309 g/mol. The van der Waals surface area contributed by atoms with E-state index < -0.39 is 0 Å². The summed E-state index contributed by atoms with van der Waals surface area (Å²) in [6, 6.07) is 0. The first-order valence-corrected chi connectivity index (χ1v) is 9.91. The lowest BCUT2D eigenvalue weighted by Crippen LogP contribution is -2.38. The molecule has 0 aromatic rings. The third-order valence-electron chi connectivity index (χ3n) is 5.46. The predicted molar refractivity (Wildman–Crippen MR) is 100 cm³/mol. The maximum Gasteiger partial charge on any atom is -0.00159 e. The molecule has 0 unspecified atom stereocenters. The van der Waals surface area contributed by atoms with Crippen LogP contribution in [0.2, 0.25) is 0 Å². The summed E-state index contributed by atoms with van der Waals surface area (Å²) in [5.74, 6) is 0.937. The van der Waals surface area contributed by atoms with E-state index in [0.717, 1.165) is 5.92 Å². The highest BCUT2D eigenvalue weighted by molar-refractivity contribution is 4.80. The van der Waals surface area contributed by atoms with E-state index in [1.54, 1.807) is 0 Å². The molecule has 132 valence electrons. The van der Waals surface area contributed by atoms with Crippen molar-refractivity contribution in [1.29, 1.82) is 0 Å². The lowest BCUT2D eigenvalue weighted by Gasteiger charge is -2.38. The van der Waals surface area contributed by atoms with Crippen LogP contribution in [0.4, 0.5) is 0 Å². The summed E-state index contributed by atoms with van der Waals surface area (Å²) in [5.41, 5.74) is 1.04. The van der Waals surface area contributed by atoms with Gasteiger partial charge in [-0.05, 0) is 62.1 Å². The van der Waals surface area contributed by atoms with Gasteiger partial charge in [-0.1, -0.05) is 73.6 Å². The van der Waals surface area contributed by atoms with Gasteiger partial charge in [-0.25, -0.2) is 0 Å². The number of nitrogens with zero attached hydrogens (tertiary/aromatic N) is 1. The molecule has 1 heteroatoms. The summed E-state index contributed by atoms with van der Waals surface area (Å²) in [6.07, 6.45) is 12.8. The average molecular weight is 310 g/mol. The molecule has 0 aliphatic carbocycles. The molecule has 1 heterocycles. The zero-order valence-electron chi connectivity index (χ0n) is 16.5. The van der Waals surface area contributed by atoms with Crippen molar-refractivity contribution < 1.29 is 0 Å². The average Bonchev–Trinajstić information content (AvgIpc) is 2.40. The van der Waals surface area contributed by atoms with E-state index in [1.165, 1.54) is 77.4 Å². The second-order valence-electron chi connectivity index (χ2n) is 9.91. The van der Waals surface area contributed by atoms with Crippen LogP contribution in [0.15, 0.2) is 0 Å². The van der Waals surface area contributed by atoms with Gasteiger partial charge in [0.1, 0.15) is 0 Å². The molecule has 0 atom stereocenters. The Bertz CT molecular complexity index is 273. The van der Waals surface area contributed by atoms with Crippen LogP contribution in [-0.4, -0.2) is 24.5 Å². The number of rotatable bonds is 8. The number of hydrogen-bond donors (Lipinski definition) is 0. The molecule has 1 fully saturated rings. The number of piperidine rings is 1. The van der Waals surface area contributed by atoms with Crippen LogP contribution in [0, 0.1) is 16.7 Å². The Hall–Kier alpha value is -0.0400. The summed E-state index contributed by atoms with van der Waals surface area (Å²) in [4.78, 5) is 2.71. The number of likely N-dealkylation sites (tertiary alicyclic amines) is 1. The van der Waals surface area contributed by atoms with Gasteiger partial charge in [0.25, 0.3) is 0 Å². The van der Waals surface area contributed by atoms with Crippen molar-refractivity contribution in [3.05, 3.63) is 0 Å². The maximum absolute atomic E-state index is 2.71. The highest BCUT2D eigenvalue weighted by Crippen LogP contribution is 2.34. The molecule has 0 saturated carbocycles. The minimum atomic E-state index is 0.513. The molecule has 0 spiro atoms. The highest BCUT2D eigenvalue weighted by atomic mass is 15.1. The largest absolute Gasteiger partial charge is 0.303 e. The molecule has 1 nitrogen and oxygen atoms in total. The van der Waals surface area contributed by atoms with E-state index in [4.69, 9.17) is 0 Å². The summed E-state index contributed by atoms with van der Waals surface area (Å²) in [6.45, 7) is 18.3. The highest BCUT2D eigenvalue weighted by Gasteiger charge is 2.28. The molecular weight excluding hydrogens is 266 g/mol. The van der Waals surface area contributed by atoms with Gasteiger partial charge < -0.3 is 4.90 Å². The van der Waals surface area contributed by atoms with Crippen LogP contribution in [0.25, 0.3) is 0 Å². The van der Waals surface area contributed by atoms with Gasteiger partial charge in [-0.2, -0.15) is 0 Å². The van der Waals surface area contributed by atoms with Gasteiger partial charge in [0.05, 0.1) is 0 Å². The second-order valence-corrected chi connectivity index (χ2v) is 9.91. The summed E-state index contributed by atoms with van der Waals surface area (Å²) in [5, 5.41) is 0. The molecule has 1 aliphatic rings. The van der Waals surface area contributed by atoms with E-state index >= 15 is 0 Å². The van der Waals surface area contributed by atoms with Crippen LogP contribution in [0.3, 0.4) is 0 Å². The lowest BCUT2D eigenvalue weighted by molar-refractivity contribution is 0.111. The van der Waals surface area contributed by atoms with Gasteiger partial charge in [0.2, 0.25) is 0 Å². The summed E-state index contributed by atoms with van der Waals surface area (Å²) in [7, 11) is 0. The van der Waals surface area contributed by atoms with Crippen LogP contribution in [0.5, 0.6) is 0 Å². The molecule has 0 bridgehead atoms. The Morgan fingerprint density at radius 3 is 1.73 bits per heavy atom. The van der Waals surface area contributed by atoms with Gasteiger partial charge in [-0.3, -0.25) is 0 Å². The van der Waals surface area contributed by atoms with Gasteiger partial charge in [0, 0.05) is 0 Å². The molecule has 1 aliphatic heterocycles. The van der Waals surface area contributed by atoms with Crippen molar-refractivity contribution in [2.24, 2.45) is 16.7 Å². The minimum absolute atomic E-state index is 0.513. The molecule has 0 aromatic carbocycles. The van der Waals surface area contributed by atoms with Crippen LogP contribution < -0.4 is 0 Å². The standard InChI is InChI=1S/C21H43N/c1-20(2,3)15-11-9-7-8-10-12-16-22-17-13-19(14-18-22)21(4,5)6/h19H,7-18H2,1-6H3. The van der Waals surface area contributed by atoms with Crippen LogP contribution in [0.1, 0.15) is 99.3 Å². The van der Waals surface area contributed by atoms with E-state index in [0.29, 0.717) is 10.8 Å². The lowest BCUT2D eigenvalue weighted by atomic mass is 9.75. The normalized spacial score (nSPS) is 18.8. The van der Waals surface area contributed by atoms with Crippen molar-refractivity contribution in [2.45, 2.75) is 99.3 Å². The van der Waals surface area contributed by atoms with Crippen LogP contribution in [-0.2, 0) is 0 Å². The third kappa shape index (κ3) is 9.18. The van der Waals surface area contributed by atoms with Gasteiger partial charge >= 0.3 is 0 Å². The maximum atomic E-state index is 2.71. The summed E-state index contributed by atoms with van der Waals surface area (Å²) < 4.78 is 0. The van der Waals surface area contributed by atoms with E-state index in [9.17, 15) is 0 Å². The van der Waals surface area contributed by atoms with E-state index in [2.05, 4.69) is 46.4 Å². The molecule has 1 rings (SSSR count). The van der Waals surface area contributed by atoms with Crippen molar-refractivity contribution >= 4 is 0 Å². The first-order valence-electron chi connectivity index (χ1n) is 9.91. The Labute approximate surface area is 141 Å². The number of hydrogen-bond acceptors (Lipinski definition) is 1. The fourth-order valence-corrected chi connectivity index (χ4v) is 3.72. The van der Waals surface area contributed by atoms with Crippen molar-refractivity contribution in [3.8, 4) is 0 Å². The third-order valence-corrected chi connectivity index (χ3v) is 5.46. The molecule has 1 saturated heterocycles. The SMILES string of the molecule is CC(C)(C)CCCCCCCCN1CCC(C(C)(C)C)CC1. The minimum Gasteiger partial charge on any atom is -0.303 e. The number of unbranched alkanes of at least 4 members (excludes halogenated alkanes) is 5. The first kappa shape index (κ1) is 20.0. The molecule has 0 N–H and O–H groups in total. The topological polar surface area (TPSA) is 3.24 Å². The Balaban J connectivity index is 1.94. The fraction of sp³-hybridized carbons (Fsp3) is 1.00. The zero-order chi connectivity index (χ0) is 16.6. The molecule has 0 radical (unpaired) electrons. The predicted octanol–water partition coefficient (Wildman–Crippen LogP) is 6.52. The van der Waals surface area contributed by atoms with Gasteiger partial charge in [-0.15, -0.1) is 0 Å². The molecular formula is C21H43N. The first-order chi connectivity index (χ1) is 10.2. The zero-order valence-corrected chi connectivity index (χ0v) is 16.5. The molecule has 0 aromatic heterocycles. The fourth-order valence-electron chi connectivity index (χ4n) is 3.72. The molecule has 0 amide bonds. The van der Waals surface area contributed by atoms with Crippen molar-refractivity contribution in [2.75, 3.05) is 19.6 Å². The van der Waals surface area contributed by atoms with Gasteiger partial charge in [0.15, 0.2) is 0 Å². The Kier molecular flexibility index (Phi) is 8.46. The molecule has 22 heavy (non-hydrogen) atoms. The Morgan fingerprint density at radius 1 is 0.727 bits per heavy atom. The smallest absolute Gasteiger partial charge is 0.00159 e. The van der Waals surface area contributed by atoms with E-state index in [1.807, 2.05) is 0 Å². The van der Waals surface area contributed by atoms with E-state index in [-0.39, 0.29) is 0 Å². The van der Waals surface area contributed by atoms with Crippen molar-refractivity contribution in [3.63, 3.8) is 0 Å². The summed E-state index contributed by atoms with van der Waals surface area (Å²) >= 11 is 0.